The second kappa shape index (κ2) is 11.1. The lowest BCUT2D eigenvalue weighted by Crippen LogP contribution is -2.42. The van der Waals surface area contributed by atoms with Crippen LogP contribution in [0.3, 0.4) is 0 Å². The van der Waals surface area contributed by atoms with E-state index >= 15 is 0 Å². The van der Waals surface area contributed by atoms with E-state index in [1.807, 2.05) is 24.3 Å². The number of Topliss-reactive ketones (excluding diaryl/α,β-unsaturated/α-hetero) is 2. The molecule has 9 nitrogen and oxygen atoms in total. The summed E-state index contributed by atoms with van der Waals surface area (Å²) in [6.07, 6.45) is 2.64. The third kappa shape index (κ3) is 5.78. The van der Waals surface area contributed by atoms with Crippen LogP contribution in [-0.4, -0.2) is 65.9 Å². The van der Waals surface area contributed by atoms with Gasteiger partial charge in [-0.2, -0.15) is 5.10 Å². The molecular formula is C28H26BrFN6O3. The van der Waals surface area contributed by atoms with E-state index in [-0.39, 0.29) is 43.2 Å². The minimum Gasteiger partial charge on any atom is -0.328 e. The van der Waals surface area contributed by atoms with Crippen molar-refractivity contribution in [3.8, 4) is 11.1 Å². The summed E-state index contributed by atoms with van der Waals surface area (Å²) < 4.78 is 16.6. The van der Waals surface area contributed by atoms with E-state index in [2.05, 4.69) is 36.0 Å². The number of aryl methyl sites for hydroxylation is 2. The van der Waals surface area contributed by atoms with Crippen LogP contribution in [-0.2, 0) is 22.6 Å². The first kappa shape index (κ1) is 26.7. The predicted molar refractivity (Wildman–Crippen MR) is 146 cm³/mol. The molecule has 0 aliphatic carbocycles. The Morgan fingerprint density at radius 2 is 1.87 bits per heavy atom. The first-order valence-corrected chi connectivity index (χ1v) is 13.4. The number of likely N-dealkylation sites (tertiary alicyclic amines) is 1. The molecule has 0 saturated carbocycles. The third-order valence-corrected chi connectivity index (χ3v) is 7.27. The van der Waals surface area contributed by atoms with Crippen LogP contribution in [0.15, 0.2) is 53.4 Å². The van der Waals surface area contributed by atoms with Crippen molar-refractivity contribution < 1.29 is 18.8 Å². The molecule has 1 aliphatic heterocycles. The topological polar surface area (TPSA) is 111 Å². The van der Waals surface area contributed by atoms with Crippen molar-refractivity contribution in [2.45, 2.75) is 51.9 Å². The standard InChI is InChI=1S/C28H26BrFN6O3/c1-16(37)28-22-10-18(19-12-31-17(2)32-13-19)6-8-23(22)36(34-28)15-27(39)35-14-20(30)11-24(35)25(38)9-7-21-4-3-5-26(29)33-21/h3-6,8,10,12-13,20,24H,7,9,11,14-15H2,1-2H3/t20-,24+/m1/s1. The zero-order chi connectivity index (χ0) is 27.7. The maximum Gasteiger partial charge on any atom is 0.245 e. The number of hydrogen-bond donors (Lipinski definition) is 0. The fraction of sp³-hybridized carbons (Fsp3) is 0.321. The molecule has 0 radical (unpaired) electrons. The average molecular weight is 593 g/mol. The Morgan fingerprint density at radius 1 is 1.10 bits per heavy atom. The monoisotopic (exact) mass is 592 g/mol. The normalized spacial score (nSPS) is 17.1. The highest BCUT2D eigenvalue weighted by atomic mass is 79.9. The SMILES string of the molecule is CC(=O)c1nn(CC(=O)N2C[C@H](F)C[C@H]2C(=O)CCc2cccc(Br)n2)c2ccc(-c3cnc(C)nc3)cc12. The van der Waals surface area contributed by atoms with E-state index in [1.54, 1.807) is 31.5 Å². The zero-order valence-electron chi connectivity index (χ0n) is 21.5. The summed E-state index contributed by atoms with van der Waals surface area (Å²) in [4.78, 5) is 52.9. The second-order valence-electron chi connectivity index (χ2n) is 9.63. The molecule has 11 heteroatoms. The Bertz CT molecular complexity index is 1570. The molecule has 4 aromatic rings. The molecule has 1 saturated heterocycles. The van der Waals surface area contributed by atoms with E-state index in [4.69, 9.17) is 0 Å². The van der Waals surface area contributed by atoms with Gasteiger partial charge >= 0.3 is 0 Å². The molecular weight excluding hydrogens is 567 g/mol. The molecule has 1 amide bonds. The van der Waals surface area contributed by atoms with Gasteiger partial charge in [0.05, 0.1) is 18.1 Å². The maximum absolute atomic E-state index is 14.5. The lowest BCUT2D eigenvalue weighted by molar-refractivity contribution is -0.138. The van der Waals surface area contributed by atoms with Gasteiger partial charge in [-0.15, -0.1) is 0 Å². The van der Waals surface area contributed by atoms with Crippen molar-refractivity contribution in [1.29, 1.82) is 0 Å². The number of fused-ring (bicyclic) bond motifs is 1. The van der Waals surface area contributed by atoms with Crippen LogP contribution in [0.5, 0.6) is 0 Å². The van der Waals surface area contributed by atoms with Crippen LogP contribution in [0, 0.1) is 6.92 Å². The molecule has 1 aromatic carbocycles. The Hall–Kier alpha value is -3.86. The summed E-state index contributed by atoms with van der Waals surface area (Å²) in [5, 5.41) is 5.01. The molecule has 200 valence electrons. The molecule has 39 heavy (non-hydrogen) atoms. The van der Waals surface area contributed by atoms with Crippen molar-refractivity contribution in [2.24, 2.45) is 0 Å². The van der Waals surface area contributed by atoms with Gasteiger partial charge in [0.25, 0.3) is 0 Å². The molecule has 2 atom stereocenters. The molecule has 0 spiro atoms. The van der Waals surface area contributed by atoms with Gasteiger partial charge in [0, 0.05) is 48.8 Å². The molecule has 5 rings (SSSR count). The van der Waals surface area contributed by atoms with Crippen molar-refractivity contribution in [3.05, 3.63) is 70.6 Å². The molecule has 0 unspecified atom stereocenters. The van der Waals surface area contributed by atoms with Crippen molar-refractivity contribution in [1.82, 2.24) is 29.6 Å². The van der Waals surface area contributed by atoms with E-state index in [0.717, 1.165) is 16.8 Å². The average Bonchev–Trinajstić information content (AvgIpc) is 3.48. The highest BCUT2D eigenvalue weighted by Crippen LogP contribution is 2.28. The Morgan fingerprint density at radius 3 is 2.59 bits per heavy atom. The largest absolute Gasteiger partial charge is 0.328 e. The number of pyridine rings is 1. The number of nitrogens with zero attached hydrogens (tertiary/aromatic N) is 6. The summed E-state index contributed by atoms with van der Waals surface area (Å²) in [6, 6.07) is 10.1. The number of carbonyl (C=O) groups excluding carboxylic acids is 3. The van der Waals surface area contributed by atoms with E-state index in [1.165, 1.54) is 16.5 Å². The summed E-state index contributed by atoms with van der Waals surface area (Å²) in [5.74, 6) is -0.230. The van der Waals surface area contributed by atoms with Crippen molar-refractivity contribution in [2.75, 3.05) is 6.54 Å². The maximum atomic E-state index is 14.5. The van der Waals surface area contributed by atoms with Crippen LogP contribution >= 0.6 is 15.9 Å². The number of hydrogen-bond acceptors (Lipinski definition) is 7. The zero-order valence-corrected chi connectivity index (χ0v) is 23.1. The highest BCUT2D eigenvalue weighted by molar-refractivity contribution is 9.10. The number of carbonyl (C=O) groups is 3. The van der Waals surface area contributed by atoms with Crippen molar-refractivity contribution in [3.63, 3.8) is 0 Å². The van der Waals surface area contributed by atoms with E-state index in [0.29, 0.717) is 27.8 Å². The van der Waals surface area contributed by atoms with Crippen LogP contribution in [0.2, 0.25) is 0 Å². The Kier molecular flexibility index (Phi) is 7.60. The number of alkyl halides is 1. The number of amides is 1. The Balaban J connectivity index is 1.36. The minimum absolute atomic E-state index is 0.0307. The van der Waals surface area contributed by atoms with Gasteiger partial charge in [-0.1, -0.05) is 12.1 Å². The Labute approximate surface area is 232 Å². The molecule has 3 aromatic heterocycles. The van der Waals surface area contributed by atoms with Gasteiger partial charge in [0.1, 0.15) is 28.8 Å². The summed E-state index contributed by atoms with van der Waals surface area (Å²) in [7, 11) is 0. The number of ketones is 2. The summed E-state index contributed by atoms with van der Waals surface area (Å²) >= 11 is 3.32. The van der Waals surface area contributed by atoms with Gasteiger partial charge in [0.2, 0.25) is 5.91 Å². The lowest BCUT2D eigenvalue weighted by Gasteiger charge is -2.23. The van der Waals surface area contributed by atoms with Gasteiger partial charge in [0.15, 0.2) is 11.6 Å². The van der Waals surface area contributed by atoms with Crippen LogP contribution in [0.1, 0.15) is 41.8 Å². The van der Waals surface area contributed by atoms with Crippen LogP contribution in [0.25, 0.3) is 22.0 Å². The lowest BCUT2D eigenvalue weighted by atomic mass is 10.0. The quantitative estimate of drug-likeness (QED) is 0.221. The number of benzene rings is 1. The molecule has 1 fully saturated rings. The van der Waals surface area contributed by atoms with E-state index in [9.17, 15) is 18.8 Å². The van der Waals surface area contributed by atoms with Gasteiger partial charge in [-0.05, 0) is 59.1 Å². The van der Waals surface area contributed by atoms with Gasteiger partial charge in [-0.3, -0.25) is 19.1 Å². The fourth-order valence-electron chi connectivity index (χ4n) is 4.87. The summed E-state index contributed by atoms with van der Waals surface area (Å²) in [6.45, 7) is 2.84. The van der Waals surface area contributed by atoms with Crippen molar-refractivity contribution >= 4 is 44.3 Å². The number of rotatable bonds is 8. The molecule has 0 bridgehead atoms. The first-order valence-electron chi connectivity index (χ1n) is 12.6. The highest BCUT2D eigenvalue weighted by Gasteiger charge is 2.39. The fourth-order valence-corrected chi connectivity index (χ4v) is 5.25. The third-order valence-electron chi connectivity index (χ3n) is 6.83. The smallest absolute Gasteiger partial charge is 0.245 e. The molecule has 4 heterocycles. The second-order valence-corrected chi connectivity index (χ2v) is 10.4. The summed E-state index contributed by atoms with van der Waals surface area (Å²) in [5.41, 5.74) is 3.14. The number of aromatic nitrogens is 5. The van der Waals surface area contributed by atoms with Gasteiger partial charge in [-0.25, -0.2) is 19.3 Å². The van der Waals surface area contributed by atoms with Gasteiger partial charge < -0.3 is 4.90 Å². The minimum atomic E-state index is -1.28. The number of halogens is 2. The predicted octanol–water partition coefficient (Wildman–Crippen LogP) is 4.30. The van der Waals surface area contributed by atoms with Crippen LogP contribution < -0.4 is 0 Å². The first-order chi connectivity index (χ1) is 18.7. The molecule has 1 aliphatic rings. The van der Waals surface area contributed by atoms with E-state index < -0.39 is 18.1 Å². The molecule has 0 N–H and O–H groups in total. The van der Waals surface area contributed by atoms with Crippen LogP contribution in [0.4, 0.5) is 4.39 Å².